The molecule has 158 valence electrons. The van der Waals surface area contributed by atoms with E-state index in [1.165, 1.54) is 14.6 Å². The molecule has 3 N–H and O–H groups in total. The molecule has 3 aromatic rings. The van der Waals surface area contributed by atoms with Gasteiger partial charge in [0.2, 0.25) is 0 Å². The third-order valence-corrected chi connectivity index (χ3v) is 6.76. The Bertz CT molecular complexity index is 949. The number of amides is 1. The minimum absolute atomic E-state index is 0.134. The van der Waals surface area contributed by atoms with Gasteiger partial charge in [-0.2, -0.15) is 0 Å². The molecule has 1 aliphatic heterocycles. The van der Waals surface area contributed by atoms with Gasteiger partial charge in [-0.1, -0.05) is 30.3 Å². The molecule has 1 aliphatic rings. The van der Waals surface area contributed by atoms with E-state index in [9.17, 15) is 4.79 Å². The number of carbonyl (C=O) groups is 1. The first-order valence-corrected chi connectivity index (χ1v) is 11.4. The second-order valence-electron chi connectivity index (χ2n) is 7.84. The van der Waals surface area contributed by atoms with E-state index in [4.69, 9.17) is 9.72 Å². The molecule has 1 aromatic heterocycles. The number of ether oxygens (including phenoxy) is 1. The maximum Gasteiger partial charge on any atom is 0.275 e. The van der Waals surface area contributed by atoms with E-state index in [0.717, 1.165) is 56.0 Å². The van der Waals surface area contributed by atoms with Gasteiger partial charge >= 0.3 is 0 Å². The van der Waals surface area contributed by atoms with E-state index in [1.54, 1.807) is 23.3 Å². The molecule has 7 heteroatoms. The summed E-state index contributed by atoms with van der Waals surface area (Å²) in [5.74, 6) is 1.01. The van der Waals surface area contributed by atoms with Crippen LogP contribution in [0.15, 0.2) is 48.5 Å². The minimum atomic E-state index is 0.134. The Hall–Kier alpha value is -2.48. The maximum absolute atomic E-state index is 12.3. The Labute approximate surface area is 181 Å². The quantitative estimate of drug-likeness (QED) is 0.473. The standard InChI is InChI=1S/C23H28N4O2S/c1-29-20-8-4-2-6-18(20)10-11-24-22(28)16-26-12-14-27(15-13-26)17-23-25-19-7-3-5-9-21(19)30-23/h2-9H,10-17H2,1H3,(H,24,28)/p+2. The molecule has 1 amide bonds. The molecular formula is C23H30N4O2S+2. The van der Waals surface area contributed by atoms with Crippen LogP contribution in [-0.2, 0) is 17.8 Å². The number of methoxy groups -OCH3 is 1. The van der Waals surface area contributed by atoms with Crippen molar-refractivity contribution in [1.29, 1.82) is 0 Å². The Morgan fingerprint density at radius 2 is 1.80 bits per heavy atom. The number of aromatic nitrogens is 1. The fourth-order valence-corrected chi connectivity index (χ4v) is 5.09. The Morgan fingerprint density at radius 3 is 2.60 bits per heavy atom. The SMILES string of the molecule is COc1ccccc1CCNC(=O)C[NH+]1CC[NH+](Cc2nc3ccccc3s2)CC1. The fourth-order valence-electron chi connectivity index (χ4n) is 4.06. The van der Waals surface area contributed by atoms with E-state index < -0.39 is 0 Å². The van der Waals surface area contributed by atoms with Crippen LogP contribution in [0.2, 0.25) is 0 Å². The van der Waals surface area contributed by atoms with Gasteiger partial charge in [0, 0.05) is 6.54 Å². The van der Waals surface area contributed by atoms with Crippen molar-refractivity contribution in [2.75, 3.05) is 46.4 Å². The number of benzene rings is 2. The highest BCUT2D eigenvalue weighted by Crippen LogP contribution is 2.20. The lowest BCUT2D eigenvalue weighted by Gasteiger charge is -2.28. The highest BCUT2D eigenvalue weighted by atomic mass is 32.1. The number of rotatable bonds is 8. The van der Waals surface area contributed by atoms with Crippen LogP contribution in [0.25, 0.3) is 10.2 Å². The average Bonchev–Trinajstić information content (AvgIpc) is 3.18. The normalized spacial score (nSPS) is 19.0. The van der Waals surface area contributed by atoms with Gasteiger partial charge in [0.15, 0.2) is 6.54 Å². The fraction of sp³-hybridized carbons (Fsp3) is 0.391. The molecule has 1 fully saturated rings. The summed E-state index contributed by atoms with van der Waals surface area (Å²) in [6.45, 7) is 6.40. The Morgan fingerprint density at radius 1 is 1.07 bits per heavy atom. The summed E-state index contributed by atoms with van der Waals surface area (Å²) < 4.78 is 6.64. The van der Waals surface area contributed by atoms with Gasteiger partial charge in [-0.25, -0.2) is 4.98 Å². The zero-order chi connectivity index (χ0) is 20.8. The van der Waals surface area contributed by atoms with Gasteiger partial charge < -0.3 is 19.9 Å². The monoisotopic (exact) mass is 426 g/mol. The number of piperazine rings is 1. The lowest BCUT2D eigenvalue weighted by molar-refractivity contribution is -1.02. The van der Waals surface area contributed by atoms with Crippen molar-refractivity contribution in [3.05, 3.63) is 59.1 Å². The molecule has 2 aromatic carbocycles. The van der Waals surface area contributed by atoms with Crippen molar-refractivity contribution in [2.45, 2.75) is 13.0 Å². The van der Waals surface area contributed by atoms with Crippen LogP contribution in [-0.4, -0.2) is 57.3 Å². The van der Waals surface area contributed by atoms with E-state index in [1.807, 2.05) is 30.3 Å². The van der Waals surface area contributed by atoms with Crippen molar-refractivity contribution < 1.29 is 19.3 Å². The third kappa shape index (κ3) is 5.36. The van der Waals surface area contributed by atoms with Crippen molar-refractivity contribution in [2.24, 2.45) is 0 Å². The molecule has 0 spiro atoms. The Balaban J connectivity index is 1.17. The molecule has 0 radical (unpaired) electrons. The number of quaternary nitrogens is 2. The highest BCUT2D eigenvalue weighted by molar-refractivity contribution is 7.18. The first-order valence-electron chi connectivity index (χ1n) is 10.6. The summed E-state index contributed by atoms with van der Waals surface area (Å²) >= 11 is 1.80. The van der Waals surface area contributed by atoms with Gasteiger partial charge in [-0.3, -0.25) is 4.79 Å². The molecule has 0 aliphatic carbocycles. The summed E-state index contributed by atoms with van der Waals surface area (Å²) in [6, 6.07) is 16.3. The lowest BCUT2D eigenvalue weighted by atomic mass is 10.1. The summed E-state index contributed by atoms with van der Waals surface area (Å²) in [4.78, 5) is 20.0. The molecule has 0 atom stereocenters. The van der Waals surface area contributed by atoms with Crippen molar-refractivity contribution in [3.63, 3.8) is 0 Å². The van der Waals surface area contributed by atoms with Crippen LogP contribution in [0.5, 0.6) is 5.75 Å². The summed E-state index contributed by atoms with van der Waals surface area (Å²) in [6.07, 6.45) is 0.783. The van der Waals surface area contributed by atoms with E-state index in [0.29, 0.717) is 13.1 Å². The van der Waals surface area contributed by atoms with Crippen LogP contribution in [0.4, 0.5) is 0 Å². The second-order valence-corrected chi connectivity index (χ2v) is 8.96. The zero-order valence-corrected chi connectivity index (χ0v) is 18.3. The number of nitrogens with zero attached hydrogens (tertiary/aromatic N) is 1. The highest BCUT2D eigenvalue weighted by Gasteiger charge is 2.25. The molecule has 4 rings (SSSR count). The molecule has 1 saturated heterocycles. The zero-order valence-electron chi connectivity index (χ0n) is 17.4. The molecule has 0 bridgehead atoms. The Kier molecular flexibility index (Phi) is 6.94. The van der Waals surface area contributed by atoms with Gasteiger partial charge in [-0.15, -0.1) is 11.3 Å². The predicted molar refractivity (Wildman–Crippen MR) is 119 cm³/mol. The molecule has 0 unspecified atom stereocenters. The smallest absolute Gasteiger partial charge is 0.275 e. The predicted octanol–water partition coefficient (Wildman–Crippen LogP) is -0.0528. The molecule has 30 heavy (non-hydrogen) atoms. The maximum atomic E-state index is 12.3. The number of carbonyl (C=O) groups excluding carboxylic acids is 1. The van der Waals surface area contributed by atoms with Gasteiger partial charge in [0.25, 0.3) is 5.91 Å². The van der Waals surface area contributed by atoms with Gasteiger partial charge in [-0.05, 0) is 30.2 Å². The van der Waals surface area contributed by atoms with Crippen molar-refractivity contribution in [1.82, 2.24) is 10.3 Å². The summed E-state index contributed by atoms with van der Waals surface area (Å²) in [5.41, 5.74) is 2.23. The number of hydrogen-bond donors (Lipinski definition) is 3. The van der Waals surface area contributed by atoms with Gasteiger partial charge in [0.05, 0.1) is 17.3 Å². The van der Waals surface area contributed by atoms with Crippen molar-refractivity contribution in [3.8, 4) is 5.75 Å². The third-order valence-electron chi connectivity index (χ3n) is 5.72. The average molecular weight is 427 g/mol. The topological polar surface area (TPSA) is 60.1 Å². The minimum Gasteiger partial charge on any atom is -0.496 e. The first-order chi connectivity index (χ1) is 14.7. The van der Waals surface area contributed by atoms with Crippen molar-refractivity contribution >= 4 is 27.5 Å². The van der Waals surface area contributed by atoms with Gasteiger partial charge in [0.1, 0.15) is 43.5 Å². The molecule has 2 heterocycles. The van der Waals surface area contributed by atoms with Crippen LogP contribution in [0.3, 0.4) is 0 Å². The number of thiazole rings is 1. The summed E-state index contributed by atoms with van der Waals surface area (Å²) in [5, 5.41) is 4.28. The molecule has 0 saturated carbocycles. The first kappa shape index (κ1) is 20.8. The lowest BCUT2D eigenvalue weighted by Crippen LogP contribution is -3.28. The molecule has 6 nitrogen and oxygen atoms in total. The van der Waals surface area contributed by atoms with Crippen LogP contribution in [0, 0.1) is 0 Å². The van der Waals surface area contributed by atoms with Crippen LogP contribution in [0.1, 0.15) is 10.6 Å². The van der Waals surface area contributed by atoms with E-state index in [2.05, 4.69) is 23.5 Å². The van der Waals surface area contributed by atoms with Crippen LogP contribution < -0.4 is 19.9 Å². The number of nitrogens with one attached hydrogen (secondary N) is 3. The number of para-hydroxylation sites is 2. The van der Waals surface area contributed by atoms with Crippen LogP contribution >= 0.6 is 11.3 Å². The molecular weight excluding hydrogens is 396 g/mol. The largest absolute Gasteiger partial charge is 0.496 e. The number of hydrogen-bond acceptors (Lipinski definition) is 4. The number of fused-ring (bicyclic) bond motifs is 1. The second kappa shape index (κ2) is 10.0. The van der Waals surface area contributed by atoms with E-state index >= 15 is 0 Å². The van der Waals surface area contributed by atoms with E-state index in [-0.39, 0.29) is 5.91 Å². The summed E-state index contributed by atoms with van der Waals surface area (Å²) in [7, 11) is 1.68.